The molecule has 0 spiro atoms. The first-order chi connectivity index (χ1) is 13.5. The van der Waals surface area contributed by atoms with Crippen LogP contribution in [0.15, 0.2) is 18.3 Å². The Bertz CT molecular complexity index is 900. The first-order valence-corrected chi connectivity index (χ1v) is 9.89. The van der Waals surface area contributed by atoms with Crippen LogP contribution < -0.4 is 16.0 Å². The topological polar surface area (TPSA) is 116 Å². The summed E-state index contributed by atoms with van der Waals surface area (Å²) < 4.78 is 0. The summed E-state index contributed by atoms with van der Waals surface area (Å²) in [6.45, 7) is 7.92. The van der Waals surface area contributed by atoms with E-state index in [0.717, 1.165) is 11.3 Å². The highest BCUT2D eigenvalue weighted by Gasteiger charge is 2.27. The summed E-state index contributed by atoms with van der Waals surface area (Å²) in [6.07, 6.45) is 1.54. The Morgan fingerprint density at radius 3 is 2.38 bits per heavy atom. The van der Waals surface area contributed by atoms with Gasteiger partial charge in [-0.05, 0) is 39.8 Å². The monoisotopic (exact) mass is 418 g/mol. The minimum atomic E-state index is -0.451. The molecule has 0 atom stereocenters. The Morgan fingerprint density at radius 1 is 1.17 bits per heavy atom. The summed E-state index contributed by atoms with van der Waals surface area (Å²) in [5.74, 6) is -0.325. The molecule has 0 bridgehead atoms. The summed E-state index contributed by atoms with van der Waals surface area (Å²) in [5, 5.41) is 8.59. The quantitative estimate of drug-likeness (QED) is 0.690. The third kappa shape index (κ3) is 5.98. The Hall–Kier alpha value is -3.01. The molecule has 0 saturated carbocycles. The number of pyridine rings is 1. The average molecular weight is 419 g/mol. The van der Waals surface area contributed by atoms with Gasteiger partial charge in [0.25, 0.3) is 11.8 Å². The fourth-order valence-electron chi connectivity index (χ4n) is 2.27. The number of urea groups is 1. The molecule has 0 aliphatic heterocycles. The molecule has 2 aromatic rings. The molecular weight excluding hydrogens is 392 g/mol. The lowest BCUT2D eigenvalue weighted by Crippen LogP contribution is -2.41. The number of thiazole rings is 1. The molecule has 29 heavy (non-hydrogen) atoms. The van der Waals surface area contributed by atoms with Crippen molar-refractivity contribution in [3.63, 3.8) is 0 Å². The fourth-order valence-corrected chi connectivity index (χ4v) is 3.21. The van der Waals surface area contributed by atoms with Gasteiger partial charge in [0.15, 0.2) is 5.69 Å². The lowest BCUT2D eigenvalue weighted by Gasteiger charge is -2.20. The highest BCUT2D eigenvalue weighted by molar-refractivity contribution is 7.17. The van der Waals surface area contributed by atoms with Gasteiger partial charge in [0.05, 0.1) is 0 Å². The van der Waals surface area contributed by atoms with Crippen LogP contribution in [0.1, 0.15) is 47.9 Å². The molecule has 0 saturated heterocycles. The lowest BCUT2D eigenvalue weighted by atomic mass is 10.1. The van der Waals surface area contributed by atoms with Crippen molar-refractivity contribution >= 4 is 35.0 Å². The van der Waals surface area contributed by atoms with Crippen LogP contribution in [0.2, 0.25) is 0 Å². The van der Waals surface area contributed by atoms with Gasteiger partial charge in [-0.25, -0.2) is 14.8 Å². The SMILES string of the molecule is CCNC(=O)Nc1ccc(-c2nc(C(=O)N(C)C)c(C(=O)NC(C)(C)C)s2)cn1. The molecule has 2 rings (SSSR count). The molecule has 0 aromatic carbocycles. The maximum Gasteiger partial charge on any atom is 0.320 e. The predicted molar refractivity (Wildman–Crippen MR) is 113 cm³/mol. The summed E-state index contributed by atoms with van der Waals surface area (Å²) in [7, 11) is 3.21. The number of aromatic nitrogens is 2. The van der Waals surface area contributed by atoms with Crippen LogP contribution in [0.3, 0.4) is 0 Å². The van der Waals surface area contributed by atoms with Gasteiger partial charge >= 0.3 is 6.03 Å². The van der Waals surface area contributed by atoms with Crippen LogP contribution in [0.5, 0.6) is 0 Å². The predicted octanol–water partition coefficient (Wildman–Crippen LogP) is 2.58. The summed E-state index contributed by atoms with van der Waals surface area (Å²) in [6, 6.07) is 3.01. The zero-order valence-corrected chi connectivity index (χ0v) is 18.2. The van der Waals surface area contributed by atoms with Gasteiger partial charge in [-0.15, -0.1) is 11.3 Å². The minimum absolute atomic E-state index is 0.0984. The van der Waals surface area contributed by atoms with E-state index in [-0.39, 0.29) is 28.4 Å². The van der Waals surface area contributed by atoms with Crippen LogP contribution in [0.25, 0.3) is 10.6 Å². The molecule has 3 N–H and O–H groups in total. The van der Waals surface area contributed by atoms with Crippen molar-refractivity contribution in [2.24, 2.45) is 0 Å². The number of nitrogens with zero attached hydrogens (tertiary/aromatic N) is 3. The number of carbonyl (C=O) groups excluding carboxylic acids is 3. The molecule has 0 aliphatic rings. The van der Waals surface area contributed by atoms with Crippen molar-refractivity contribution < 1.29 is 14.4 Å². The van der Waals surface area contributed by atoms with Gasteiger partial charge in [-0.1, -0.05) is 0 Å². The van der Waals surface area contributed by atoms with Crippen molar-refractivity contribution in [3.05, 3.63) is 28.9 Å². The molecule has 0 radical (unpaired) electrons. The first-order valence-electron chi connectivity index (χ1n) is 9.08. The van der Waals surface area contributed by atoms with Crippen molar-refractivity contribution in [2.75, 3.05) is 26.0 Å². The summed E-state index contributed by atoms with van der Waals surface area (Å²) in [4.78, 5) is 47.1. The van der Waals surface area contributed by atoms with E-state index in [1.165, 1.54) is 11.1 Å². The fraction of sp³-hybridized carbons (Fsp3) is 0.421. The van der Waals surface area contributed by atoms with Crippen LogP contribution in [0, 0.1) is 0 Å². The van der Waals surface area contributed by atoms with E-state index in [0.29, 0.717) is 22.9 Å². The Morgan fingerprint density at radius 2 is 1.86 bits per heavy atom. The number of carbonyl (C=O) groups is 3. The van der Waals surface area contributed by atoms with Gasteiger partial charge in [-0.2, -0.15) is 0 Å². The summed E-state index contributed by atoms with van der Waals surface area (Å²) >= 11 is 1.12. The Balaban J connectivity index is 2.36. The Labute approximate surface area is 173 Å². The van der Waals surface area contributed by atoms with Crippen LogP contribution in [0.4, 0.5) is 10.6 Å². The third-order valence-electron chi connectivity index (χ3n) is 3.52. The lowest BCUT2D eigenvalue weighted by molar-refractivity contribution is 0.0811. The van der Waals surface area contributed by atoms with Gasteiger partial charge in [0.1, 0.15) is 15.7 Å². The van der Waals surface area contributed by atoms with E-state index in [4.69, 9.17) is 0 Å². The van der Waals surface area contributed by atoms with Crippen molar-refractivity contribution in [3.8, 4) is 10.6 Å². The average Bonchev–Trinajstić information content (AvgIpc) is 3.05. The highest BCUT2D eigenvalue weighted by Crippen LogP contribution is 2.29. The number of nitrogens with one attached hydrogen (secondary N) is 3. The van der Waals surface area contributed by atoms with Crippen LogP contribution in [-0.4, -0.2) is 58.9 Å². The molecule has 2 aromatic heterocycles. The van der Waals surface area contributed by atoms with Crippen molar-refractivity contribution in [1.82, 2.24) is 25.5 Å². The number of amides is 4. The largest absolute Gasteiger partial charge is 0.347 e. The van der Waals surface area contributed by atoms with Gasteiger partial charge < -0.3 is 15.5 Å². The zero-order chi connectivity index (χ0) is 21.8. The standard InChI is InChI=1S/C19H26N6O3S/c1-7-20-18(28)22-12-9-8-11(10-21-12)16-23-13(17(27)25(5)6)14(29-16)15(26)24-19(2,3)4/h8-10H,7H2,1-6H3,(H,24,26)(H2,20,21,22,28). The van der Waals surface area contributed by atoms with E-state index in [1.54, 1.807) is 26.2 Å². The van der Waals surface area contributed by atoms with Gasteiger partial charge in [0.2, 0.25) is 0 Å². The number of rotatable bonds is 5. The maximum atomic E-state index is 12.7. The molecule has 10 heteroatoms. The van der Waals surface area contributed by atoms with E-state index < -0.39 is 5.54 Å². The summed E-state index contributed by atoms with van der Waals surface area (Å²) in [5.41, 5.74) is 0.286. The van der Waals surface area contributed by atoms with E-state index >= 15 is 0 Å². The van der Waals surface area contributed by atoms with Crippen LogP contribution >= 0.6 is 11.3 Å². The number of hydrogen-bond acceptors (Lipinski definition) is 6. The van der Waals surface area contributed by atoms with Crippen molar-refractivity contribution in [2.45, 2.75) is 33.2 Å². The second-order valence-electron chi connectivity index (χ2n) is 7.52. The second-order valence-corrected chi connectivity index (χ2v) is 8.52. The second kappa shape index (κ2) is 8.99. The Kier molecular flexibility index (Phi) is 6.91. The van der Waals surface area contributed by atoms with E-state index in [1.807, 2.05) is 27.7 Å². The number of anilines is 1. The highest BCUT2D eigenvalue weighted by atomic mass is 32.1. The molecule has 0 aliphatic carbocycles. The van der Waals surface area contributed by atoms with E-state index in [2.05, 4.69) is 25.9 Å². The number of hydrogen-bond donors (Lipinski definition) is 3. The zero-order valence-electron chi connectivity index (χ0n) is 17.4. The molecule has 0 fully saturated rings. The normalized spacial score (nSPS) is 11.0. The molecule has 4 amide bonds. The third-order valence-corrected chi connectivity index (χ3v) is 4.62. The molecule has 2 heterocycles. The van der Waals surface area contributed by atoms with Gasteiger partial charge in [0, 0.05) is 37.9 Å². The molecule has 156 valence electrons. The maximum absolute atomic E-state index is 12.7. The van der Waals surface area contributed by atoms with E-state index in [9.17, 15) is 14.4 Å². The minimum Gasteiger partial charge on any atom is -0.347 e. The molecule has 9 nitrogen and oxygen atoms in total. The van der Waals surface area contributed by atoms with Crippen LogP contribution in [-0.2, 0) is 0 Å². The molecule has 0 unspecified atom stereocenters. The first kappa shape index (κ1) is 22.3. The smallest absolute Gasteiger partial charge is 0.320 e. The van der Waals surface area contributed by atoms with Crippen molar-refractivity contribution in [1.29, 1.82) is 0 Å². The molecular formula is C19H26N6O3S. The van der Waals surface area contributed by atoms with Gasteiger partial charge in [-0.3, -0.25) is 14.9 Å².